The fourth-order valence-electron chi connectivity index (χ4n) is 1.26. The van der Waals surface area contributed by atoms with Crippen molar-refractivity contribution in [1.82, 2.24) is 5.32 Å². The molecule has 94 valence electrons. The van der Waals surface area contributed by atoms with E-state index in [0.717, 1.165) is 19.3 Å². The molecule has 0 amide bonds. The highest BCUT2D eigenvalue weighted by Crippen LogP contribution is 2.05. The highest BCUT2D eigenvalue weighted by atomic mass is 16.7. The van der Waals surface area contributed by atoms with Gasteiger partial charge in [0.2, 0.25) is 0 Å². The third-order valence-electron chi connectivity index (χ3n) is 1.91. The fraction of sp³-hybridized carbons (Fsp3) is 0.818. The number of nitrogens with one attached hydrogen (secondary N) is 1. The van der Waals surface area contributed by atoms with Crippen molar-refractivity contribution in [3.05, 3.63) is 0 Å². The number of piperidine rings is 1. The summed E-state index contributed by atoms with van der Waals surface area (Å²) in [6, 6.07) is 0.156. The van der Waals surface area contributed by atoms with E-state index in [0.29, 0.717) is 0 Å². The molecule has 1 unspecified atom stereocenters. The first-order chi connectivity index (χ1) is 7.35. The number of hydrogen-bond donors (Lipinski definition) is 2. The van der Waals surface area contributed by atoms with Gasteiger partial charge in [-0.2, -0.15) is 0 Å². The van der Waals surface area contributed by atoms with Crippen LogP contribution in [0.5, 0.6) is 0 Å². The van der Waals surface area contributed by atoms with Crippen molar-refractivity contribution >= 4 is 12.4 Å². The van der Waals surface area contributed by atoms with Gasteiger partial charge in [-0.1, -0.05) is 6.42 Å². The maximum atomic E-state index is 10.1. The molecule has 0 saturated carbocycles. The van der Waals surface area contributed by atoms with Crippen LogP contribution in [0, 0.1) is 0 Å². The van der Waals surface area contributed by atoms with Gasteiger partial charge in [0.1, 0.15) is 11.9 Å². The van der Waals surface area contributed by atoms with Crippen LogP contribution in [0.4, 0.5) is 4.79 Å². The van der Waals surface area contributed by atoms with Crippen LogP contribution < -0.4 is 5.32 Å². The molecule has 0 aromatic rings. The zero-order chi connectivity index (χ0) is 12.6. The number of carbonyl (C=O) groups is 2. The predicted octanol–water partition coefficient (Wildman–Crippen LogP) is 1.81. The largest absolute Gasteiger partial charge is 0.506 e. The van der Waals surface area contributed by atoms with E-state index < -0.39 is 11.8 Å². The van der Waals surface area contributed by atoms with Crippen molar-refractivity contribution in [2.75, 3.05) is 6.54 Å². The number of rotatable bonds is 1. The highest BCUT2D eigenvalue weighted by molar-refractivity contribution is 5.57. The number of carbonyl (C=O) groups excluding carboxylic acids is 1. The zero-order valence-electron chi connectivity index (χ0n) is 10.2. The summed E-state index contributed by atoms with van der Waals surface area (Å²) >= 11 is 0. The van der Waals surface area contributed by atoms with E-state index in [2.05, 4.69) is 10.1 Å². The van der Waals surface area contributed by atoms with Crippen molar-refractivity contribution in [2.45, 2.75) is 51.7 Å². The average Bonchev–Trinajstić information content (AvgIpc) is 2.16. The molecule has 0 spiro atoms. The zero-order valence-corrected chi connectivity index (χ0v) is 10.2. The number of hydrogen-bond acceptors (Lipinski definition) is 4. The van der Waals surface area contributed by atoms with Crippen LogP contribution >= 0.6 is 0 Å². The Morgan fingerprint density at radius 3 is 2.25 bits per heavy atom. The normalized spacial score (nSPS) is 20.3. The van der Waals surface area contributed by atoms with Gasteiger partial charge in [0.25, 0.3) is 0 Å². The van der Waals surface area contributed by atoms with Crippen LogP contribution in [0.2, 0.25) is 0 Å². The molecule has 1 aliphatic rings. The Kier molecular flexibility index (Phi) is 6.72. The van der Waals surface area contributed by atoms with Gasteiger partial charge in [-0.05, 0) is 40.2 Å². The molecular formula is C11H21NO4. The lowest BCUT2D eigenvalue weighted by Crippen LogP contribution is -2.34. The second kappa shape index (κ2) is 7.22. The van der Waals surface area contributed by atoms with Gasteiger partial charge < -0.3 is 20.0 Å². The Morgan fingerprint density at radius 2 is 2.06 bits per heavy atom. The summed E-state index contributed by atoms with van der Waals surface area (Å²) < 4.78 is 4.35. The Bertz CT molecular complexity index is 217. The molecule has 0 aromatic carbocycles. The minimum absolute atomic E-state index is 0.156. The van der Waals surface area contributed by atoms with Crippen molar-refractivity contribution in [1.29, 1.82) is 0 Å². The molecule has 1 saturated heterocycles. The summed E-state index contributed by atoms with van der Waals surface area (Å²) in [4.78, 5) is 19.9. The first kappa shape index (κ1) is 14.9. The van der Waals surface area contributed by atoms with Crippen molar-refractivity contribution in [3.8, 4) is 0 Å². The first-order valence-corrected chi connectivity index (χ1v) is 5.46. The minimum atomic E-state index is -1.22. The van der Waals surface area contributed by atoms with Crippen LogP contribution in [0.1, 0.15) is 40.0 Å². The Hall–Kier alpha value is -1.10. The van der Waals surface area contributed by atoms with Crippen LogP contribution in [-0.2, 0) is 9.53 Å². The molecular weight excluding hydrogens is 210 g/mol. The van der Waals surface area contributed by atoms with Gasteiger partial charge in [-0.15, -0.1) is 0 Å². The molecule has 0 aromatic heterocycles. The van der Waals surface area contributed by atoms with Gasteiger partial charge in [0.15, 0.2) is 0 Å². The van der Waals surface area contributed by atoms with Gasteiger partial charge in [0.05, 0.1) is 6.04 Å². The molecule has 5 heteroatoms. The van der Waals surface area contributed by atoms with E-state index >= 15 is 0 Å². The van der Waals surface area contributed by atoms with E-state index in [4.69, 9.17) is 5.11 Å². The topological polar surface area (TPSA) is 75.6 Å². The van der Waals surface area contributed by atoms with Crippen LogP contribution in [-0.4, -0.2) is 35.7 Å². The maximum absolute atomic E-state index is 10.1. The van der Waals surface area contributed by atoms with Gasteiger partial charge in [-0.25, -0.2) is 4.79 Å². The number of carboxylic acid groups (broad SMARTS) is 1. The number of ether oxygens (including phenoxy) is 1. The molecule has 1 fully saturated rings. The molecule has 0 aliphatic carbocycles. The van der Waals surface area contributed by atoms with Crippen LogP contribution in [0.25, 0.3) is 0 Å². The Morgan fingerprint density at radius 1 is 1.44 bits per heavy atom. The molecule has 0 radical (unpaired) electrons. The fourth-order valence-corrected chi connectivity index (χ4v) is 1.26. The second-order valence-corrected chi connectivity index (χ2v) is 4.67. The molecule has 5 nitrogen and oxygen atoms in total. The monoisotopic (exact) mass is 231 g/mol. The number of aldehydes is 1. The van der Waals surface area contributed by atoms with Gasteiger partial charge in [-0.3, -0.25) is 0 Å². The summed E-state index contributed by atoms with van der Waals surface area (Å²) in [5.74, 6) is 0. The molecule has 2 N–H and O–H groups in total. The lowest BCUT2D eigenvalue weighted by Gasteiger charge is -2.17. The van der Waals surface area contributed by atoms with Crippen molar-refractivity contribution < 1.29 is 19.4 Å². The predicted molar refractivity (Wildman–Crippen MR) is 60.6 cm³/mol. The molecule has 0 bridgehead atoms. The third kappa shape index (κ3) is 9.45. The lowest BCUT2D eigenvalue weighted by molar-refractivity contribution is -0.110. The summed E-state index contributed by atoms with van der Waals surface area (Å²) in [6.07, 6.45) is 3.24. The molecule has 1 rings (SSSR count). The summed E-state index contributed by atoms with van der Waals surface area (Å²) in [6.45, 7) is 6.06. The molecule has 1 atom stereocenters. The summed E-state index contributed by atoms with van der Waals surface area (Å²) in [5.41, 5.74) is -0.578. The van der Waals surface area contributed by atoms with E-state index in [1.54, 1.807) is 20.8 Å². The smallest absolute Gasteiger partial charge is 0.450 e. The highest BCUT2D eigenvalue weighted by Gasteiger charge is 2.14. The SMILES string of the molecule is CC(C)(C)OC(=O)O.O=CC1CCCCN1. The third-order valence-corrected chi connectivity index (χ3v) is 1.91. The van der Waals surface area contributed by atoms with Crippen molar-refractivity contribution in [2.24, 2.45) is 0 Å². The van der Waals surface area contributed by atoms with Crippen molar-refractivity contribution in [3.63, 3.8) is 0 Å². The van der Waals surface area contributed by atoms with Gasteiger partial charge >= 0.3 is 6.16 Å². The van der Waals surface area contributed by atoms with E-state index in [-0.39, 0.29) is 6.04 Å². The summed E-state index contributed by atoms with van der Waals surface area (Å²) in [7, 11) is 0. The van der Waals surface area contributed by atoms with E-state index in [9.17, 15) is 9.59 Å². The van der Waals surface area contributed by atoms with Crippen LogP contribution in [0.3, 0.4) is 0 Å². The Labute approximate surface area is 96.2 Å². The maximum Gasteiger partial charge on any atom is 0.506 e. The standard InChI is InChI=1S/C6H11NO.C5H10O3/c8-5-6-3-1-2-4-7-6;1-5(2,3)8-4(6)7/h5-7H,1-4H2;1-3H3,(H,6,7). The second-order valence-electron chi connectivity index (χ2n) is 4.67. The van der Waals surface area contributed by atoms with Crippen LogP contribution in [0.15, 0.2) is 0 Å². The first-order valence-electron chi connectivity index (χ1n) is 5.46. The van der Waals surface area contributed by atoms with E-state index in [1.807, 2.05) is 0 Å². The quantitative estimate of drug-likeness (QED) is 0.531. The molecule has 1 heterocycles. The minimum Gasteiger partial charge on any atom is -0.450 e. The lowest BCUT2D eigenvalue weighted by atomic mass is 10.1. The molecule has 1 aliphatic heterocycles. The summed E-state index contributed by atoms with van der Waals surface area (Å²) in [5, 5.41) is 11.1. The molecule has 16 heavy (non-hydrogen) atoms. The van der Waals surface area contributed by atoms with Gasteiger partial charge in [0, 0.05) is 0 Å². The Balaban J connectivity index is 0.000000281. The average molecular weight is 231 g/mol. The van der Waals surface area contributed by atoms with E-state index in [1.165, 1.54) is 12.8 Å².